The number of rotatable bonds is 7. The van der Waals surface area contributed by atoms with Crippen molar-refractivity contribution in [2.75, 3.05) is 14.1 Å². The lowest BCUT2D eigenvalue weighted by atomic mass is 10.2. The maximum Gasteiger partial charge on any atom is 0.242 e. The van der Waals surface area contributed by atoms with Crippen LogP contribution in [0.15, 0.2) is 88.9 Å². The van der Waals surface area contributed by atoms with Crippen LogP contribution >= 0.6 is 11.8 Å². The lowest BCUT2D eigenvalue weighted by molar-refractivity contribution is 0.521. The van der Waals surface area contributed by atoms with Gasteiger partial charge in [0, 0.05) is 31.1 Å². The van der Waals surface area contributed by atoms with E-state index in [0.717, 1.165) is 22.2 Å². The molecule has 164 valence electrons. The number of benzene rings is 3. The van der Waals surface area contributed by atoms with E-state index in [9.17, 15) is 8.42 Å². The maximum atomic E-state index is 12.7. The molecule has 32 heavy (non-hydrogen) atoms. The third kappa shape index (κ3) is 4.62. The molecule has 3 aromatic carbocycles. The number of sulfonamides is 1. The van der Waals surface area contributed by atoms with Crippen LogP contribution < -0.4 is 0 Å². The quantitative estimate of drug-likeness (QED) is 0.368. The molecule has 0 spiro atoms. The van der Waals surface area contributed by atoms with Crippen LogP contribution in [0.25, 0.3) is 17.1 Å². The van der Waals surface area contributed by atoms with Gasteiger partial charge in [-0.1, -0.05) is 66.4 Å². The molecule has 0 saturated carbocycles. The molecule has 0 atom stereocenters. The van der Waals surface area contributed by atoms with Crippen LogP contribution in [-0.2, 0) is 15.8 Å². The zero-order chi connectivity index (χ0) is 22.7. The van der Waals surface area contributed by atoms with Crippen LogP contribution in [0.2, 0.25) is 0 Å². The van der Waals surface area contributed by atoms with Crippen molar-refractivity contribution in [3.63, 3.8) is 0 Å². The fourth-order valence-electron chi connectivity index (χ4n) is 3.28. The van der Waals surface area contributed by atoms with Gasteiger partial charge in [0.25, 0.3) is 0 Å². The Kier molecular flexibility index (Phi) is 6.45. The van der Waals surface area contributed by atoms with Crippen molar-refractivity contribution in [2.24, 2.45) is 0 Å². The van der Waals surface area contributed by atoms with Gasteiger partial charge in [0.2, 0.25) is 10.0 Å². The van der Waals surface area contributed by atoms with E-state index in [-0.39, 0.29) is 4.90 Å². The van der Waals surface area contributed by atoms with Crippen molar-refractivity contribution in [3.05, 3.63) is 90.0 Å². The second kappa shape index (κ2) is 9.28. The smallest absolute Gasteiger partial charge is 0.242 e. The summed E-state index contributed by atoms with van der Waals surface area (Å²) in [6.45, 7) is 2.04. The van der Waals surface area contributed by atoms with Crippen LogP contribution in [0.4, 0.5) is 0 Å². The Bertz CT molecular complexity index is 1330. The van der Waals surface area contributed by atoms with Gasteiger partial charge >= 0.3 is 0 Å². The lowest BCUT2D eigenvalue weighted by Gasteiger charge is -2.14. The van der Waals surface area contributed by atoms with Gasteiger partial charge in [-0.25, -0.2) is 12.7 Å². The largest absolute Gasteiger partial charge is 0.270 e. The summed E-state index contributed by atoms with van der Waals surface area (Å²) >= 11 is 1.59. The van der Waals surface area contributed by atoms with Gasteiger partial charge < -0.3 is 0 Å². The standard InChI is InChI=1S/C24H24N4O2S2/c1-18-9-7-13-21(15-18)28-23(20-12-8-14-22(16-20)32(29,30)27(2)3)25-26-24(28)31-17-19-10-5-4-6-11-19/h4-16H,17H2,1-3H3. The number of nitrogens with zero attached hydrogens (tertiary/aromatic N) is 4. The summed E-state index contributed by atoms with van der Waals surface area (Å²) in [5.41, 5.74) is 3.93. The highest BCUT2D eigenvalue weighted by Gasteiger charge is 2.21. The molecule has 0 fully saturated rings. The van der Waals surface area contributed by atoms with Gasteiger partial charge in [-0.05, 0) is 42.3 Å². The summed E-state index contributed by atoms with van der Waals surface area (Å²) in [5, 5.41) is 9.66. The molecular weight excluding hydrogens is 440 g/mol. The summed E-state index contributed by atoms with van der Waals surface area (Å²) in [4.78, 5) is 0.220. The first-order chi connectivity index (χ1) is 15.4. The van der Waals surface area contributed by atoms with E-state index in [2.05, 4.69) is 28.4 Å². The van der Waals surface area contributed by atoms with E-state index in [1.165, 1.54) is 24.0 Å². The molecule has 4 rings (SSSR count). The molecule has 0 N–H and O–H groups in total. The normalized spacial score (nSPS) is 11.8. The predicted octanol–water partition coefficient (Wildman–Crippen LogP) is 4.79. The van der Waals surface area contributed by atoms with E-state index in [1.807, 2.05) is 54.0 Å². The van der Waals surface area contributed by atoms with Crippen molar-refractivity contribution in [1.82, 2.24) is 19.1 Å². The summed E-state index contributed by atoms with van der Waals surface area (Å²) in [6.07, 6.45) is 0. The Morgan fingerprint density at radius 2 is 1.66 bits per heavy atom. The molecule has 0 radical (unpaired) electrons. The molecule has 6 nitrogen and oxygen atoms in total. The molecule has 1 heterocycles. The Balaban J connectivity index is 1.80. The van der Waals surface area contributed by atoms with Crippen molar-refractivity contribution in [1.29, 1.82) is 0 Å². The number of aromatic nitrogens is 3. The predicted molar refractivity (Wildman–Crippen MR) is 128 cm³/mol. The van der Waals surface area contributed by atoms with Gasteiger partial charge in [-0.2, -0.15) is 0 Å². The zero-order valence-electron chi connectivity index (χ0n) is 18.1. The minimum atomic E-state index is -3.56. The van der Waals surface area contributed by atoms with E-state index >= 15 is 0 Å². The van der Waals surface area contributed by atoms with Crippen LogP contribution in [0, 0.1) is 6.92 Å². The minimum Gasteiger partial charge on any atom is -0.270 e. The van der Waals surface area contributed by atoms with Crippen LogP contribution in [-0.4, -0.2) is 41.6 Å². The summed E-state index contributed by atoms with van der Waals surface area (Å²) in [6, 6.07) is 25.1. The van der Waals surface area contributed by atoms with E-state index < -0.39 is 10.0 Å². The fourth-order valence-corrected chi connectivity index (χ4v) is 5.13. The topological polar surface area (TPSA) is 68.1 Å². The summed E-state index contributed by atoms with van der Waals surface area (Å²) in [5.74, 6) is 1.35. The third-order valence-corrected chi connectivity index (χ3v) is 7.79. The van der Waals surface area contributed by atoms with Gasteiger partial charge in [0.15, 0.2) is 11.0 Å². The Hall–Kier alpha value is -2.94. The van der Waals surface area contributed by atoms with Crippen molar-refractivity contribution >= 4 is 21.8 Å². The molecular formula is C24H24N4O2S2. The molecule has 0 aliphatic carbocycles. The second-order valence-corrected chi connectivity index (χ2v) is 10.7. The van der Waals surface area contributed by atoms with Gasteiger partial charge in [0.05, 0.1) is 4.90 Å². The van der Waals surface area contributed by atoms with Crippen LogP contribution in [0.5, 0.6) is 0 Å². The summed E-state index contributed by atoms with van der Waals surface area (Å²) < 4.78 is 28.5. The first kappa shape index (κ1) is 22.3. The van der Waals surface area contributed by atoms with Crippen molar-refractivity contribution in [3.8, 4) is 17.1 Å². The van der Waals surface area contributed by atoms with Crippen molar-refractivity contribution < 1.29 is 8.42 Å². The molecule has 8 heteroatoms. The lowest BCUT2D eigenvalue weighted by Crippen LogP contribution is -2.22. The Morgan fingerprint density at radius 3 is 2.38 bits per heavy atom. The average Bonchev–Trinajstić information content (AvgIpc) is 3.22. The SMILES string of the molecule is Cc1cccc(-n2c(SCc3ccccc3)nnc2-c2cccc(S(=O)(=O)N(C)C)c2)c1. The zero-order valence-corrected chi connectivity index (χ0v) is 19.8. The van der Waals surface area contributed by atoms with Crippen molar-refractivity contribution in [2.45, 2.75) is 22.7 Å². The molecule has 0 aliphatic heterocycles. The molecule has 0 amide bonds. The first-order valence-corrected chi connectivity index (χ1v) is 12.5. The Morgan fingerprint density at radius 1 is 0.906 bits per heavy atom. The van der Waals surface area contributed by atoms with E-state index in [1.54, 1.807) is 30.0 Å². The summed E-state index contributed by atoms with van der Waals surface area (Å²) in [7, 11) is -0.514. The molecule has 0 saturated heterocycles. The number of hydrogen-bond acceptors (Lipinski definition) is 5. The molecule has 1 aromatic heterocycles. The highest BCUT2D eigenvalue weighted by atomic mass is 32.2. The van der Waals surface area contributed by atoms with Gasteiger partial charge in [-0.15, -0.1) is 10.2 Å². The van der Waals surface area contributed by atoms with Gasteiger partial charge in [-0.3, -0.25) is 4.57 Å². The van der Waals surface area contributed by atoms with E-state index in [0.29, 0.717) is 11.4 Å². The number of aryl methyl sites for hydroxylation is 1. The molecule has 0 bridgehead atoms. The van der Waals surface area contributed by atoms with Gasteiger partial charge in [0.1, 0.15) is 0 Å². The molecule has 0 unspecified atom stereocenters. The average molecular weight is 465 g/mol. The van der Waals surface area contributed by atoms with Crippen LogP contribution in [0.1, 0.15) is 11.1 Å². The Labute approximate surface area is 193 Å². The fraction of sp³-hybridized carbons (Fsp3) is 0.167. The third-order valence-electron chi connectivity index (χ3n) is 4.97. The minimum absolute atomic E-state index is 0.220. The highest BCUT2D eigenvalue weighted by molar-refractivity contribution is 7.98. The monoisotopic (exact) mass is 464 g/mol. The first-order valence-electron chi connectivity index (χ1n) is 10.1. The molecule has 4 aromatic rings. The van der Waals surface area contributed by atoms with E-state index in [4.69, 9.17) is 0 Å². The maximum absolute atomic E-state index is 12.7. The number of hydrogen-bond donors (Lipinski definition) is 0. The van der Waals surface area contributed by atoms with Crippen LogP contribution in [0.3, 0.4) is 0 Å². The molecule has 0 aliphatic rings. The highest BCUT2D eigenvalue weighted by Crippen LogP contribution is 2.31. The second-order valence-electron chi connectivity index (χ2n) is 7.57. The number of thioether (sulfide) groups is 1.